The van der Waals surface area contributed by atoms with Crippen molar-refractivity contribution in [1.82, 2.24) is 5.32 Å². The molecule has 2 unspecified atom stereocenters. The number of carboxylic acids is 1. The van der Waals surface area contributed by atoms with Gasteiger partial charge in [-0.1, -0.05) is 56.3 Å². The van der Waals surface area contributed by atoms with Crippen LogP contribution in [0.2, 0.25) is 0 Å². The molecular formula is C30H34FNO5. The van der Waals surface area contributed by atoms with Gasteiger partial charge in [0, 0.05) is 18.5 Å². The van der Waals surface area contributed by atoms with E-state index in [9.17, 15) is 9.18 Å². The molecule has 2 heterocycles. The molecule has 1 saturated heterocycles. The van der Waals surface area contributed by atoms with Crippen molar-refractivity contribution in [3.63, 3.8) is 0 Å². The number of benzene rings is 3. The molecule has 5 rings (SSSR count). The number of hydrogen-bond acceptors (Lipinski definition) is 5. The lowest BCUT2D eigenvalue weighted by atomic mass is 9.81. The van der Waals surface area contributed by atoms with Crippen LogP contribution in [0.4, 0.5) is 4.39 Å². The summed E-state index contributed by atoms with van der Waals surface area (Å²) >= 11 is 0. The molecule has 0 aromatic heterocycles. The van der Waals surface area contributed by atoms with Crippen molar-refractivity contribution in [2.24, 2.45) is 11.8 Å². The zero-order valence-corrected chi connectivity index (χ0v) is 21.2. The molecule has 37 heavy (non-hydrogen) atoms. The molecule has 3 aromatic carbocycles. The van der Waals surface area contributed by atoms with E-state index in [0.29, 0.717) is 18.4 Å². The van der Waals surface area contributed by atoms with Crippen LogP contribution < -0.4 is 19.5 Å². The third kappa shape index (κ3) is 7.01. The molecule has 7 heteroatoms. The summed E-state index contributed by atoms with van der Waals surface area (Å²) in [5.74, 6) is 1.78. The predicted molar refractivity (Wildman–Crippen MR) is 140 cm³/mol. The van der Waals surface area contributed by atoms with Gasteiger partial charge < -0.3 is 24.6 Å². The normalized spacial score (nSPS) is 19.8. The van der Waals surface area contributed by atoms with E-state index in [1.807, 2.05) is 67.6 Å². The SMILES string of the molecule is CC(C(=O)O)C(C)c1ccccc1.Fc1ccc([C@@H]2CCNC[C@H]2COc2ccc3c(c2)OCO3)cc1. The van der Waals surface area contributed by atoms with Crippen LogP contribution in [0.15, 0.2) is 72.8 Å². The summed E-state index contributed by atoms with van der Waals surface area (Å²) in [7, 11) is 0. The maximum atomic E-state index is 13.2. The van der Waals surface area contributed by atoms with Crippen molar-refractivity contribution in [2.75, 3.05) is 26.5 Å². The van der Waals surface area contributed by atoms with Gasteiger partial charge in [0.2, 0.25) is 6.79 Å². The van der Waals surface area contributed by atoms with Crippen LogP contribution in [-0.4, -0.2) is 37.6 Å². The average molecular weight is 508 g/mol. The lowest BCUT2D eigenvalue weighted by molar-refractivity contribution is -0.141. The lowest BCUT2D eigenvalue weighted by Crippen LogP contribution is -2.38. The Kier molecular flexibility index (Phi) is 9.01. The van der Waals surface area contributed by atoms with E-state index in [-0.39, 0.29) is 24.4 Å². The quantitative estimate of drug-likeness (QED) is 0.419. The summed E-state index contributed by atoms with van der Waals surface area (Å²) in [6, 6.07) is 22.2. The standard InChI is InChI=1S/C19H20FNO3.C11H14O2/c20-15-3-1-13(2-4-15)17-7-8-21-10-14(17)11-22-16-5-6-18-19(9-16)24-12-23-18;1-8(9(2)11(12)13)10-6-4-3-5-7-10/h1-6,9,14,17,21H,7-8,10-12H2;3-9H,1-2H3,(H,12,13)/t14-,17-;/m0./s1. The number of carbonyl (C=O) groups is 1. The Bertz CT molecular complexity index is 1150. The second-order valence-electron chi connectivity index (χ2n) is 9.56. The second kappa shape index (κ2) is 12.6. The molecule has 0 aliphatic carbocycles. The van der Waals surface area contributed by atoms with Crippen LogP contribution in [0.1, 0.15) is 43.2 Å². The number of rotatable bonds is 7. The van der Waals surface area contributed by atoms with E-state index in [4.69, 9.17) is 19.3 Å². The minimum absolute atomic E-state index is 0.0682. The van der Waals surface area contributed by atoms with Crippen molar-refractivity contribution in [3.05, 3.63) is 89.7 Å². The first-order valence-electron chi connectivity index (χ1n) is 12.7. The second-order valence-corrected chi connectivity index (χ2v) is 9.56. The molecule has 6 nitrogen and oxygen atoms in total. The molecule has 4 atom stereocenters. The Labute approximate surface area is 217 Å². The zero-order chi connectivity index (χ0) is 26.2. The minimum Gasteiger partial charge on any atom is -0.493 e. The Hall–Kier alpha value is -3.58. The van der Waals surface area contributed by atoms with Gasteiger partial charge in [-0.05, 0) is 60.2 Å². The van der Waals surface area contributed by atoms with Crippen molar-refractivity contribution in [2.45, 2.75) is 32.1 Å². The van der Waals surface area contributed by atoms with Gasteiger partial charge >= 0.3 is 5.97 Å². The monoisotopic (exact) mass is 507 g/mol. The number of nitrogens with one attached hydrogen (secondary N) is 1. The molecular weight excluding hydrogens is 473 g/mol. The molecule has 3 aromatic rings. The topological polar surface area (TPSA) is 77.0 Å². The largest absolute Gasteiger partial charge is 0.493 e. The van der Waals surface area contributed by atoms with Gasteiger partial charge in [0.1, 0.15) is 11.6 Å². The summed E-state index contributed by atoms with van der Waals surface area (Å²) in [5.41, 5.74) is 2.26. The van der Waals surface area contributed by atoms with Gasteiger partial charge in [-0.3, -0.25) is 4.79 Å². The maximum absolute atomic E-state index is 13.2. The third-order valence-corrected chi connectivity index (χ3v) is 7.18. The molecule has 2 aliphatic heterocycles. The van der Waals surface area contributed by atoms with E-state index in [2.05, 4.69) is 5.32 Å². The average Bonchev–Trinajstić information content (AvgIpc) is 3.40. The maximum Gasteiger partial charge on any atom is 0.306 e. The number of hydrogen-bond donors (Lipinski definition) is 2. The van der Waals surface area contributed by atoms with E-state index >= 15 is 0 Å². The molecule has 2 N–H and O–H groups in total. The fourth-order valence-corrected chi connectivity index (χ4v) is 4.68. The Morgan fingerprint density at radius 1 is 1.05 bits per heavy atom. The Morgan fingerprint density at radius 2 is 1.78 bits per heavy atom. The third-order valence-electron chi connectivity index (χ3n) is 7.18. The van der Waals surface area contributed by atoms with Crippen molar-refractivity contribution in [1.29, 1.82) is 0 Å². The van der Waals surface area contributed by atoms with E-state index in [1.165, 1.54) is 17.7 Å². The van der Waals surface area contributed by atoms with Crippen LogP contribution in [0.3, 0.4) is 0 Å². The van der Waals surface area contributed by atoms with Gasteiger partial charge in [-0.15, -0.1) is 0 Å². The highest BCUT2D eigenvalue weighted by Gasteiger charge is 2.27. The predicted octanol–water partition coefficient (Wildman–Crippen LogP) is 5.84. The summed E-state index contributed by atoms with van der Waals surface area (Å²) in [6.07, 6.45) is 1.03. The molecule has 0 radical (unpaired) electrons. The van der Waals surface area contributed by atoms with E-state index in [0.717, 1.165) is 42.3 Å². The fourth-order valence-electron chi connectivity index (χ4n) is 4.68. The van der Waals surface area contributed by atoms with Crippen molar-refractivity contribution >= 4 is 5.97 Å². The first-order valence-corrected chi connectivity index (χ1v) is 12.7. The van der Waals surface area contributed by atoms with Gasteiger partial charge in [0.05, 0.1) is 12.5 Å². The van der Waals surface area contributed by atoms with E-state index < -0.39 is 5.97 Å². The molecule has 0 spiro atoms. The minimum atomic E-state index is -0.739. The van der Waals surface area contributed by atoms with Crippen molar-refractivity contribution in [3.8, 4) is 17.2 Å². The number of halogens is 1. The van der Waals surface area contributed by atoms with Crippen LogP contribution in [0.25, 0.3) is 0 Å². The fraction of sp³-hybridized carbons (Fsp3) is 0.367. The molecule has 1 fully saturated rings. The first kappa shape index (κ1) is 26.5. The Balaban J connectivity index is 0.000000209. The number of carboxylic acid groups (broad SMARTS) is 1. The van der Waals surface area contributed by atoms with Gasteiger partial charge in [-0.2, -0.15) is 0 Å². The summed E-state index contributed by atoms with van der Waals surface area (Å²) in [5, 5.41) is 12.2. The van der Waals surface area contributed by atoms with Gasteiger partial charge in [0.15, 0.2) is 11.5 Å². The molecule has 2 aliphatic rings. The molecule has 196 valence electrons. The molecule has 0 amide bonds. The summed E-state index contributed by atoms with van der Waals surface area (Å²) < 4.78 is 29.9. The zero-order valence-electron chi connectivity index (χ0n) is 21.2. The number of ether oxygens (including phenoxy) is 3. The van der Waals surface area contributed by atoms with Gasteiger partial charge in [0.25, 0.3) is 0 Å². The van der Waals surface area contributed by atoms with Crippen molar-refractivity contribution < 1.29 is 28.5 Å². The Morgan fingerprint density at radius 3 is 2.51 bits per heavy atom. The molecule has 0 bridgehead atoms. The number of aliphatic carboxylic acids is 1. The van der Waals surface area contributed by atoms with Crippen LogP contribution in [-0.2, 0) is 4.79 Å². The summed E-state index contributed by atoms with van der Waals surface area (Å²) in [4.78, 5) is 10.7. The summed E-state index contributed by atoms with van der Waals surface area (Å²) in [6.45, 7) is 6.41. The first-order chi connectivity index (χ1) is 17.9. The highest BCUT2D eigenvalue weighted by atomic mass is 19.1. The highest BCUT2D eigenvalue weighted by molar-refractivity contribution is 5.70. The van der Waals surface area contributed by atoms with Gasteiger partial charge in [-0.25, -0.2) is 4.39 Å². The van der Waals surface area contributed by atoms with Crippen LogP contribution in [0, 0.1) is 17.7 Å². The number of fused-ring (bicyclic) bond motifs is 1. The lowest BCUT2D eigenvalue weighted by Gasteiger charge is -2.32. The van der Waals surface area contributed by atoms with Crippen LogP contribution >= 0.6 is 0 Å². The number of piperidine rings is 1. The molecule has 0 saturated carbocycles. The van der Waals surface area contributed by atoms with Crippen LogP contribution in [0.5, 0.6) is 17.2 Å². The highest BCUT2D eigenvalue weighted by Crippen LogP contribution is 2.36. The smallest absolute Gasteiger partial charge is 0.306 e. The van der Waals surface area contributed by atoms with E-state index in [1.54, 1.807) is 6.92 Å².